The van der Waals surface area contributed by atoms with Crippen LogP contribution in [0.5, 0.6) is 0 Å². The predicted molar refractivity (Wildman–Crippen MR) is 142 cm³/mol. The first-order valence-electron chi connectivity index (χ1n) is 12.1. The minimum atomic E-state index is -3.88. The topological polar surface area (TPSA) is 72.2 Å². The van der Waals surface area contributed by atoms with Crippen LogP contribution in [0.25, 0.3) is 0 Å². The highest BCUT2D eigenvalue weighted by Gasteiger charge is 2.32. The number of nitrogens with one attached hydrogen (secondary N) is 1. The van der Waals surface area contributed by atoms with E-state index < -0.39 is 22.1 Å². The number of benzene rings is 3. The quantitative estimate of drug-likeness (QED) is 0.356. The zero-order valence-corrected chi connectivity index (χ0v) is 21.9. The zero-order valence-electron chi connectivity index (χ0n) is 21.1. The Balaban J connectivity index is 2.17. The van der Waals surface area contributed by atoms with Crippen LogP contribution < -0.4 is 10.5 Å². The summed E-state index contributed by atoms with van der Waals surface area (Å²) in [6.07, 6.45) is 0. The average molecular weight is 479 g/mol. The Hall–Kier alpha value is -2.47. The molecule has 0 aliphatic carbocycles. The third kappa shape index (κ3) is 5.77. The Morgan fingerprint density at radius 1 is 0.647 bits per heavy atom. The maximum absolute atomic E-state index is 14.1. The molecule has 3 aromatic carbocycles. The molecule has 0 bridgehead atoms. The first kappa shape index (κ1) is 26.1. The van der Waals surface area contributed by atoms with Gasteiger partial charge in [-0.1, -0.05) is 114 Å². The molecule has 182 valence electrons. The smallest absolute Gasteiger partial charge is 0.241 e. The Bertz CT molecular complexity index is 1160. The summed E-state index contributed by atoms with van der Waals surface area (Å²) in [6.45, 7) is 12.5. The van der Waals surface area contributed by atoms with Gasteiger partial charge in [-0.3, -0.25) is 0 Å². The molecule has 0 aromatic heterocycles. The molecule has 0 fully saturated rings. The zero-order chi connectivity index (χ0) is 25.0. The van der Waals surface area contributed by atoms with E-state index in [-0.39, 0.29) is 11.8 Å². The van der Waals surface area contributed by atoms with E-state index in [0.29, 0.717) is 10.8 Å². The molecule has 1 unspecified atom stereocenters. The van der Waals surface area contributed by atoms with Crippen LogP contribution in [0.4, 0.5) is 0 Å². The fourth-order valence-corrected chi connectivity index (χ4v) is 6.25. The lowest BCUT2D eigenvalue weighted by atomic mass is 9.89. The lowest BCUT2D eigenvalue weighted by Crippen LogP contribution is -2.37. The fraction of sp³-hybridized carbons (Fsp3) is 0.379. The van der Waals surface area contributed by atoms with Gasteiger partial charge in [0.1, 0.15) is 0 Å². The van der Waals surface area contributed by atoms with Gasteiger partial charge in [0.25, 0.3) is 0 Å². The van der Waals surface area contributed by atoms with Crippen molar-refractivity contribution in [3.63, 3.8) is 0 Å². The van der Waals surface area contributed by atoms with Gasteiger partial charge in [-0.2, -0.15) is 0 Å². The van der Waals surface area contributed by atoms with Crippen LogP contribution in [0.2, 0.25) is 0 Å². The molecule has 0 saturated carbocycles. The van der Waals surface area contributed by atoms with Crippen molar-refractivity contribution < 1.29 is 8.42 Å². The predicted octanol–water partition coefficient (Wildman–Crippen LogP) is 6.78. The van der Waals surface area contributed by atoms with Gasteiger partial charge in [-0.15, -0.1) is 0 Å². The van der Waals surface area contributed by atoms with Gasteiger partial charge >= 0.3 is 0 Å². The summed E-state index contributed by atoms with van der Waals surface area (Å²) < 4.78 is 31.2. The van der Waals surface area contributed by atoms with Crippen molar-refractivity contribution >= 4 is 10.0 Å². The van der Waals surface area contributed by atoms with E-state index in [1.165, 1.54) is 0 Å². The molecule has 0 amide bonds. The monoisotopic (exact) mass is 478 g/mol. The SMILES string of the molecule is CC(C)c1cc(C(C)C)c(S(=O)(=O)N[C@H](c2ccccc2)C(N)c2ccccc2)c(C(C)C)c1. The molecule has 0 saturated heterocycles. The fourth-order valence-electron chi connectivity index (χ4n) is 4.30. The van der Waals surface area contributed by atoms with Gasteiger partial charge in [0.05, 0.1) is 17.0 Å². The van der Waals surface area contributed by atoms with Gasteiger partial charge in [-0.25, -0.2) is 13.1 Å². The van der Waals surface area contributed by atoms with E-state index in [1.54, 1.807) is 0 Å². The Kier molecular flexibility index (Phi) is 8.34. The molecule has 3 aromatic rings. The van der Waals surface area contributed by atoms with E-state index in [0.717, 1.165) is 27.8 Å². The van der Waals surface area contributed by atoms with Crippen LogP contribution in [-0.4, -0.2) is 8.42 Å². The van der Waals surface area contributed by atoms with Crippen molar-refractivity contribution in [2.24, 2.45) is 5.73 Å². The summed E-state index contributed by atoms with van der Waals surface area (Å²) in [7, 11) is -3.88. The van der Waals surface area contributed by atoms with Crippen molar-refractivity contribution in [3.8, 4) is 0 Å². The molecule has 3 N–H and O–H groups in total. The molecule has 5 heteroatoms. The third-order valence-corrected chi connectivity index (χ3v) is 7.91. The van der Waals surface area contributed by atoms with Crippen LogP contribution >= 0.6 is 0 Å². The second kappa shape index (κ2) is 10.9. The molecular weight excluding hydrogens is 440 g/mol. The first-order chi connectivity index (χ1) is 16.0. The second-order valence-electron chi connectivity index (χ2n) is 9.94. The Morgan fingerprint density at radius 3 is 1.50 bits per heavy atom. The lowest BCUT2D eigenvalue weighted by Gasteiger charge is -2.28. The van der Waals surface area contributed by atoms with Gasteiger partial charge in [0.2, 0.25) is 10.0 Å². The van der Waals surface area contributed by atoms with Crippen LogP contribution in [-0.2, 0) is 10.0 Å². The minimum Gasteiger partial charge on any atom is -0.322 e. The number of nitrogens with two attached hydrogens (primary N) is 1. The highest BCUT2D eigenvalue weighted by Crippen LogP contribution is 2.37. The summed E-state index contributed by atoms with van der Waals surface area (Å²) in [5.74, 6) is 0.421. The molecule has 0 radical (unpaired) electrons. The van der Waals surface area contributed by atoms with E-state index in [1.807, 2.05) is 88.4 Å². The van der Waals surface area contributed by atoms with Crippen LogP contribution in [0, 0.1) is 0 Å². The van der Waals surface area contributed by atoms with Gasteiger partial charge < -0.3 is 5.73 Å². The molecule has 0 aliphatic heterocycles. The van der Waals surface area contributed by atoms with E-state index in [2.05, 4.69) is 30.7 Å². The van der Waals surface area contributed by atoms with Gasteiger partial charge in [0, 0.05) is 0 Å². The van der Waals surface area contributed by atoms with Crippen molar-refractivity contribution in [2.75, 3.05) is 0 Å². The number of hydrogen-bond acceptors (Lipinski definition) is 3. The molecule has 0 aliphatic rings. The second-order valence-corrected chi connectivity index (χ2v) is 11.6. The van der Waals surface area contributed by atoms with Gasteiger partial charge in [0.15, 0.2) is 0 Å². The van der Waals surface area contributed by atoms with Crippen molar-refractivity contribution in [1.29, 1.82) is 0 Å². The number of sulfonamides is 1. The van der Waals surface area contributed by atoms with Crippen molar-refractivity contribution in [1.82, 2.24) is 4.72 Å². The molecule has 3 rings (SSSR count). The Labute approximate surface area is 205 Å². The average Bonchev–Trinajstić information content (AvgIpc) is 2.82. The van der Waals surface area contributed by atoms with E-state index >= 15 is 0 Å². The normalized spacial score (nSPS) is 14.1. The van der Waals surface area contributed by atoms with Crippen LogP contribution in [0.1, 0.15) is 99.2 Å². The van der Waals surface area contributed by atoms with Crippen LogP contribution in [0.3, 0.4) is 0 Å². The molecule has 4 nitrogen and oxygen atoms in total. The summed E-state index contributed by atoms with van der Waals surface area (Å²) in [4.78, 5) is 0.392. The van der Waals surface area contributed by atoms with Crippen molar-refractivity contribution in [2.45, 2.75) is 76.3 Å². The Morgan fingerprint density at radius 2 is 1.09 bits per heavy atom. The largest absolute Gasteiger partial charge is 0.322 e. The standard InChI is InChI=1S/C29H38N2O2S/c1-19(2)24-17-25(20(3)4)29(26(18-24)21(5)6)34(32,33)31-28(23-15-11-8-12-16-23)27(30)22-13-9-7-10-14-22/h7-21,27-28,31H,30H2,1-6H3/t27?,28-/m1/s1. The summed E-state index contributed by atoms with van der Waals surface area (Å²) in [6, 6.07) is 22.2. The first-order valence-corrected chi connectivity index (χ1v) is 13.6. The van der Waals surface area contributed by atoms with Crippen molar-refractivity contribution in [3.05, 3.63) is 101 Å². The summed E-state index contributed by atoms with van der Waals surface area (Å²) in [5, 5.41) is 0. The van der Waals surface area contributed by atoms with E-state index in [4.69, 9.17) is 5.73 Å². The maximum atomic E-state index is 14.1. The third-order valence-electron chi connectivity index (χ3n) is 6.33. The van der Waals surface area contributed by atoms with Gasteiger partial charge in [-0.05, 0) is 45.6 Å². The number of rotatable bonds is 9. The molecule has 2 atom stereocenters. The molecule has 0 heterocycles. The molecular formula is C29H38N2O2S. The molecule has 0 spiro atoms. The van der Waals surface area contributed by atoms with E-state index in [9.17, 15) is 8.42 Å². The summed E-state index contributed by atoms with van der Waals surface area (Å²) in [5.41, 5.74) is 11.3. The maximum Gasteiger partial charge on any atom is 0.241 e. The lowest BCUT2D eigenvalue weighted by molar-refractivity contribution is 0.502. The summed E-state index contributed by atoms with van der Waals surface area (Å²) >= 11 is 0. The highest BCUT2D eigenvalue weighted by molar-refractivity contribution is 7.89. The minimum absolute atomic E-state index is 0.0562. The molecule has 34 heavy (non-hydrogen) atoms. The highest BCUT2D eigenvalue weighted by atomic mass is 32.2. The van der Waals surface area contributed by atoms with Crippen LogP contribution in [0.15, 0.2) is 77.7 Å². The number of hydrogen-bond donors (Lipinski definition) is 2.